The van der Waals surface area contributed by atoms with E-state index in [-0.39, 0.29) is 5.56 Å². The van der Waals surface area contributed by atoms with Crippen molar-refractivity contribution >= 4 is 23.0 Å². The van der Waals surface area contributed by atoms with Gasteiger partial charge in [-0.1, -0.05) is 0 Å². The number of benzene rings is 1. The van der Waals surface area contributed by atoms with Crippen molar-refractivity contribution in [2.24, 2.45) is 0 Å². The zero-order valence-corrected chi connectivity index (χ0v) is 10.1. The molecule has 1 aliphatic heterocycles. The number of aromatic carboxylic acids is 1. The molecule has 19 heavy (non-hydrogen) atoms. The van der Waals surface area contributed by atoms with Crippen molar-refractivity contribution < 1.29 is 14.3 Å². The number of hydrogen-bond acceptors (Lipinski definition) is 4. The monoisotopic (exact) mass is 264 g/mol. The van der Waals surface area contributed by atoms with Crippen molar-refractivity contribution in [3.63, 3.8) is 0 Å². The molecule has 1 aromatic heterocycles. The van der Waals surface area contributed by atoms with E-state index in [0.717, 1.165) is 32.2 Å². The number of aromatic nitrogens is 2. The number of rotatable bonds is 2. The number of anilines is 1. The molecule has 6 nitrogen and oxygen atoms in total. The molecular formula is C12H13FN4O2. The topological polar surface area (TPSA) is 81.2 Å². The van der Waals surface area contributed by atoms with E-state index in [1.165, 1.54) is 6.07 Å². The van der Waals surface area contributed by atoms with Crippen molar-refractivity contribution in [2.75, 3.05) is 31.1 Å². The van der Waals surface area contributed by atoms with Gasteiger partial charge in [-0.15, -0.1) is 0 Å². The third-order valence-electron chi connectivity index (χ3n) is 3.19. The highest BCUT2D eigenvalue weighted by molar-refractivity contribution is 6.01. The largest absolute Gasteiger partial charge is 0.478 e. The van der Waals surface area contributed by atoms with Gasteiger partial charge in [0.25, 0.3) is 0 Å². The first-order valence-corrected chi connectivity index (χ1v) is 6.03. The summed E-state index contributed by atoms with van der Waals surface area (Å²) in [7, 11) is 0. The van der Waals surface area contributed by atoms with Crippen LogP contribution in [-0.2, 0) is 0 Å². The summed E-state index contributed by atoms with van der Waals surface area (Å²) in [6.07, 6.45) is 0. The van der Waals surface area contributed by atoms with Gasteiger partial charge in [0.05, 0.1) is 11.1 Å². The summed E-state index contributed by atoms with van der Waals surface area (Å²) in [5, 5.41) is 12.3. The molecule has 1 aromatic carbocycles. The zero-order chi connectivity index (χ0) is 13.4. The minimum absolute atomic E-state index is 0.118. The van der Waals surface area contributed by atoms with Crippen LogP contribution >= 0.6 is 0 Å². The van der Waals surface area contributed by atoms with Gasteiger partial charge in [0.1, 0.15) is 11.3 Å². The Hall–Kier alpha value is -2.15. The first-order chi connectivity index (χ1) is 9.15. The van der Waals surface area contributed by atoms with Crippen LogP contribution < -0.4 is 10.2 Å². The van der Waals surface area contributed by atoms with E-state index in [0.29, 0.717) is 17.0 Å². The predicted molar refractivity (Wildman–Crippen MR) is 68.1 cm³/mol. The molecule has 0 atom stereocenters. The first kappa shape index (κ1) is 11.9. The molecule has 0 unspecified atom stereocenters. The van der Waals surface area contributed by atoms with E-state index >= 15 is 0 Å². The Morgan fingerprint density at radius 1 is 1.37 bits per heavy atom. The number of nitrogens with zero attached hydrogens (tertiary/aromatic N) is 2. The minimum atomic E-state index is -1.18. The van der Waals surface area contributed by atoms with E-state index in [2.05, 4.69) is 15.3 Å². The van der Waals surface area contributed by atoms with E-state index in [1.807, 2.05) is 4.90 Å². The van der Waals surface area contributed by atoms with Crippen molar-refractivity contribution in [1.82, 2.24) is 15.3 Å². The van der Waals surface area contributed by atoms with Gasteiger partial charge in [0.15, 0.2) is 0 Å². The Balaban J connectivity index is 2.09. The minimum Gasteiger partial charge on any atom is -0.478 e. The summed E-state index contributed by atoms with van der Waals surface area (Å²) < 4.78 is 13.4. The van der Waals surface area contributed by atoms with Crippen molar-refractivity contribution in [3.05, 3.63) is 23.5 Å². The highest BCUT2D eigenvalue weighted by atomic mass is 19.1. The molecule has 100 valence electrons. The molecule has 2 aromatic rings. The Morgan fingerprint density at radius 3 is 2.79 bits per heavy atom. The lowest BCUT2D eigenvalue weighted by atomic mass is 10.2. The number of carbonyl (C=O) groups is 1. The van der Waals surface area contributed by atoms with Crippen LogP contribution in [-0.4, -0.2) is 47.2 Å². The van der Waals surface area contributed by atoms with Gasteiger partial charge in [-0.25, -0.2) is 14.2 Å². The van der Waals surface area contributed by atoms with Crippen LogP contribution in [0.1, 0.15) is 10.4 Å². The molecular weight excluding hydrogens is 251 g/mol. The maximum Gasteiger partial charge on any atom is 0.338 e. The molecule has 0 aliphatic carbocycles. The molecule has 2 heterocycles. The lowest BCUT2D eigenvalue weighted by molar-refractivity contribution is 0.0698. The van der Waals surface area contributed by atoms with E-state index < -0.39 is 11.8 Å². The molecule has 0 bridgehead atoms. The summed E-state index contributed by atoms with van der Waals surface area (Å²) in [6.45, 7) is 3.25. The van der Waals surface area contributed by atoms with Crippen LogP contribution in [0.2, 0.25) is 0 Å². The molecule has 0 amide bonds. The molecule has 3 rings (SSSR count). The quantitative estimate of drug-likeness (QED) is 0.748. The number of carboxylic acid groups (broad SMARTS) is 1. The van der Waals surface area contributed by atoms with Gasteiger partial charge >= 0.3 is 5.97 Å². The number of aromatic amines is 1. The van der Waals surface area contributed by atoms with Gasteiger partial charge in [-0.3, -0.25) is 0 Å². The first-order valence-electron chi connectivity index (χ1n) is 6.03. The third-order valence-corrected chi connectivity index (χ3v) is 3.19. The number of hydrogen-bond donors (Lipinski definition) is 3. The van der Waals surface area contributed by atoms with Crippen LogP contribution in [0, 0.1) is 5.82 Å². The molecule has 1 aliphatic rings. The zero-order valence-electron chi connectivity index (χ0n) is 10.1. The fraction of sp³-hybridized carbons (Fsp3) is 0.333. The van der Waals surface area contributed by atoms with Gasteiger partial charge in [-0.05, 0) is 12.1 Å². The van der Waals surface area contributed by atoms with Crippen LogP contribution in [0.4, 0.5) is 10.3 Å². The number of halogens is 1. The summed E-state index contributed by atoms with van der Waals surface area (Å²) in [6, 6.07) is 2.26. The highest BCUT2D eigenvalue weighted by Gasteiger charge is 2.18. The number of piperazine rings is 1. The molecule has 0 saturated carbocycles. The maximum absolute atomic E-state index is 13.4. The van der Waals surface area contributed by atoms with Crippen LogP contribution in [0.25, 0.3) is 11.0 Å². The Bertz CT molecular complexity index is 634. The average Bonchev–Trinajstić information content (AvgIpc) is 2.82. The van der Waals surface area contributed by atoms with Gasteiger partial charge < -0.3 is 20.3 Å². The Morgan fingerprint density at radius 2 is 2.11 bits per heavy atom. The summed E-state index contributed by atoms with van der Waals surface area (Å²) in [5.41, 5.74) is 0.584. The smallest absolute Gasteiger partial charge is 0.338 e. The second-order valence-corrected chi connectivity index (χ2v) is 4.45. The third kappa shape index (κ3) is 2.12. The fourth-order valence-corrected chi connectivity index (χ4v) is 2.26. The van der Waals surface area contributed by atoms with Gasteiger partial charge in [0, 0.05) is 26.2 Å². The second-order valence-electron chi connectivity index (χ2n) is 4.45. The molecule has 1 saturated heterocycles. The molecule has 0 radical (unpaired) electrons. The van der Waals surface area contributed by atoms with E-state index in [1.54, 1.807) is 0 Å². The van der Waals surface area contributed by atoms with Crippen molar-refractivity contribution in [2.45, 2.75) is 0 Å². The number of carboxylic acids is 1. The van der Waals surface area contributed by atoms with Crippen LogP contribution in [0.5, 0.6) is 0 Å². The standard InChI is InChI=1S/C12H13FN4O2/c13-7-5-8(11(18)19)10-9(6-7)15-12(16-10)17-3-1-14-2-4-17/h5-6,14H,1-4H2,(H,15,16)(H,18,19). The maximum atomic E-state index is 13.4. The van der Waals surface area contributed by atoms with E-state index in [4.69, 9.17) is 5.11 Å². The van der Waals surface area contributed by atoms with Crippen LogP contribution in [0.3, 0.4) is 0 Å². The second kappa shape index (κ2) is 4.51. The molecule has 0 spiro atoms. The fourth-order valence-electron chi connectivity index (χ4n) is 2.26. The Labute approximate surface area is 108 Å². The normalized spacial score (nSPS) is 15.9. The summed E-state index contributed by atoms with van der Waals surface area (Å²) in [5.74, 6) is -1.17. The number of H-pyrrole nitrogens is 1. The lowest BCUT2D eigenvalue weighted by Crippen LogP contribution is -2.44. The van der Waals surface area contributed by atoms with Gasteiger partial charge in [-0.2, -0.15) is 0 Å². The summed E-state index contributed by atoms with van der Waals surface area (Å²) >= 11 is 0. The SMILES string of the molecule is O=C(O)c1cc(F)cc2[nH]c(N3CCNCC3)nc12. The summed E-state index contributed by atoms with van der Waals surface area (Å²) in [4.78, 5) is 20.4. The molecule has 3 N–H and O–H groups in total. The van der Waals surface area contributed by atoms with Crippen LogP contribution in [0.15, 0.2) is 12.1 Å². The molecule has 7 heteroatoms. The predicted octanol–water partition coefficient (Wildman–Crippen LogP) is 0.810. The number of fused-ring (bicyclic) bond motifs is 1. The Kier molecular flexibility index (Phi) is 2.83. The lowest BCUT2D eigenvalue weighted by Gasteiger charge is -2.26. The average molecular weight is 264 g/mol. The highest BCUT2D eigenvalue weighted by Crippen LogP contribution is 2.22. The number of imidazole rings is 1. The van der Waals surface area contributed by atoms with Crippen molar-refractivity contribution in [1.29, 1.82) is 0 Å². The van der Waals surface area contributed by atoms with Crippen molar-refractivity contribution in [3.8, 4) is 0 Å². The van der Waals surface area contributed by atoms with Gasteiger partial charge in [0.2, 0.25) is 5.95 Å². The van der Waals surface area contributed by atoms with E-state index in [9.17, 15) is 9.18 Å². The number of nitrogens with one attached hydrogen (secondary N) is 2. The molecule has 1 fully saturated rings.